The van der Waals surface area contributed by atoms with Crippen LogP contribution in [0.5, 0.6) is 0 Å². The van der Waals surface area contributed by atoms with Crippen molar-refractivity contribution in [2.45, 2.75) is 14.0 Å². The van der Waals surface area contributed by atoms with Crippen LogP contribution in [-0.4, -0.2) is 17.5 Å². The second kappa shape index (κ2) is 13.3. The van der Waals surface area contributed by atoms with E-state index in [9.17, 15) is 4.79 Å². The molecule has 0 aliphatic carbocycles. The summed E-state index contributed by atoms with van der Waals surface area (Å²) in [6.45, 7) is 0.319. The molecule has 0 radical (unpaired) electrons. The number of aromatic nitrogens is 1. The molecule has 0 unspecified atom stereocenters. The third-order valence-electron chi connectivity index (χ3n) is 6.72. The number of nitrogens with one attached hydrogen (secondary N) is 1. The van der Waals surface area contributed by atoms with Crippen LogP contribution in [-0.2, 0) is 16.1 Å². The minimum atomic E-state index is -0.318. The number of ether oxygens (including phenoxy) is 1. The Bertz CT molecular complexity index is 1690. The van der Waals surface area contributed by atoms with Gasteiger partial charge in [-0.2, -0.15) is 0 Å². The molecule has 0 aliphatic heterocycles. The van der Waals surface area contributed by atoms with Crippen LogP contribution in [0.3, 0.4) is 0 Å². The highest BCUT2D eigenvalue weighted by molar-refractivity contribution is 5.85. The zero-order valence-corrected chi connectivity index (χ0v) is 22.4. The van der Waals surface area contributed by atoms with Gasteiger partial charge in [0.05, 0.1) is 0 Å². The summed E-state index contributed by atoms with van der Waals surface area (Å²) in [5.74, 6) is 0.952. The van der Waals surface area contributed by atoms with Gasteiger partial charge in [-0.15, -0.1) is 0 Å². The lowest BCUT2D eigenvalue weighted by Gasteiger charge is -2.11. The largest absolute Gasteiger partial charge is 0.460 e. The molecule has 6 aromatic rings. The Morgan fingerprint density at radius 2 is 1.26 bits per heavy atom. The van der Waals surface area contributed by atoms with Crippen LogP contribution in [0.1, 0.15) is 13.0 Å². The van der Waals surface area contributed by atoms with E-state index in [1.54, 1.807) is 0 Å². The molecule has 1 N–H and O–H groups in total. The van der Waals surface area contributed by atoms with E-state index < -0.39 is 0 Å². The maximum atomic E-state index is 12.3. The Morgan fingerprint density at radius 1 is 0.667 bits per heavy atom. The van der Waals surface area contributed by atoms with Gasteiger partial charge in [-0.25, -0.2) is 4.98 Å². The van der Waals surface area contributed by atoms with Crippen LogP contribution in [0.2, 0.25) is 0 Å². The summed E-state index contributed by atoms with van der Waals surface area (Å²) in [5, 5.41) is 3.19. The molecule has 0 fully saturated rings. The molecule has 5 aromatic carbocycles. The minimum absolute atomic E-state index is 0. The first-order chi connectivity index (χ1) is 20.2. The van der Waals surface area contributed by atoms with Gasteiger partial charge < -0.3 is 14.5 Å². The zero-order chi connectivity index (χ0) is 27.9. The van der Waals surface area contributed by atoms with Crippen molar-refractivity contribution >= 4 is 11.7 Å². The fourth-order valence-corrected chi connectivity index (χ4v) is 4.69. The molecule has 0 atom stereocenters. The third-order valence-corrected chi connectivity index (χ3v) is 6.72. The highest BCUT2D eigenvalue weighted by Crippen LogP contribution is 2.39. The van der Waals surface area contributed by atoms with Crippen LogP contribution in [0.4, 0.5) is 5.69 Å². The van der Waals surface area contributed by atoms with Gasteiger partial charge >= 0.3 is 5.97 Å². The highest BCUT2D eigenvalue weighted by Gasteiger charge is 2.20. The smallest absolute Gasteiger partial charge is 0.325 e. The van der Waals surface area contributed by atoms with Crippen molar-refractivity contribution in [1.29, 1.82) is 0 Å². The van der Waals surface area contributed by atoms with Gasteiger partial charge in [0.1, 0.15) is 18.8 Å². The van der Waals surface area contributed by atoms with E-state index in [2.05, 4.69) is 11.4 Å². The molecule has 5 nitrogen and oxygen atoms in total. The summed E-state index contributed by atoms with van der Waals surface area (Å²) in [5.41, 5.74) is 7.36. The molecular weight excluding hydrogens is 520 g/mol. The van der Waals surface area contributed by atoms with E-state index in [0.29, 0.717) is 5.89 Å². The van der Waals surface area contributed by atoms with E-state index in [-0.39, 0.29) is 26.5 Å². The number of carbonyl (C=O) groups is 1. The van der Waals surface area contributed by atoms with Crippen LogP contribution in [0, 0.1) is 0 Å². The number of hydrogen-bond acceptors (Lipinski definition) is 5. The van der Waals surface area contributed by atoms with Crippen LogP contribution < -0.4 is 5.32 Å². The van der Waals surface area contributed by atoms with Gasteiger partial charge in [0.25, 0.3) is 0 Å². The van der Waals surface area contributed by atoms with Gasteiger partial charge in [0.2, 0.25) is 5.89 Å². The second-order valence-corrected chi connectivity index (χ2v) is 9.56. The van der Waals surface area contributed by atoms with Crippen LogP contribution in [0.25, 0.3) is 45.2 Å². The number of carbonyl (C=O) groups excluding carboxylic acids is 1. The molecule has 5 heteroatoms. The van der Waals surface area contributed by atoms with Crippen LogP contribution in [0.15, 0.2) is 144 Å². The van der Waals surface area contributed by atoms with Crippen molar-refractivity contribution in [3.8, 4) is 45.2 Å². The summed E-state index contributed by atoms with van der Waals surface area (Å²) in [6.07, 6.45) is 0. The number of nitrogens with zero attached hydrogens (tertiary/aromatic N) is 1. The van der Waals surface area contributed by atoms with E-state index in [1.165, 1.54) is 0 Å². The van der Waals surface area contributed by atoms with E-state index in [4.69, 9.17) is 14.1 Å². The number of rotatable bonds is 9. The van der Waals surface area contributed by atoms with E-state index in [0.717, 1.165) is 50.5 Å². The predicted octanol–water partition coefficient (Wildman–Crippen LogP) is 9.13. The number of oxazole rings is 1. The van der Waals surface area contributed by atoms with Crippen molar-refractivity contribution in [2.75, 3.05) is 11.9 Å². The molecule has 1 aromatic heterocycles. The van der Waals surface area contributed by atoms with Crippen molar-refractivity contribution in [3.63, 3.8) is 0 Å². The number of benzene rings is 5. The molecule has 0 saturated heterocycles. The summed E-state index contributed by atoms with van der Waals surface area (Å²) in [6, 6.07) is 45.8. The Morgan fingerprint density at radius 3 is 1.98 bits per heavy atom. The Labute approximate surface area is 246 Å². The molecule has 0 spiro atoms. The second-order valence-electron chi connectivity index (χ2n) is 9.56. The molecule has 0 aliphatic rings. The first-order valence-electron chi connectivity index (χ1n) is 13.5. The molecule has 1 heterocycles. The molecule has 0 amide bonds. The van der Waals surface area contributed by atoms with Crippen molar-refractivity contribution in [3.05, 3.63) is 145 Å². The molecule has 0 bridgehead atoms. The monoisotopic (exact) mass is 552 g/mol. The predicted molar refractivity (Wildman–Crippen MR) is 170 cm³/mol. The number of hydrogen-bond donors (Lipinski definition) is 1. The first kappa shape index (κ1) is 28.1. The van der Waals surface area contributed by atoms with Gasteiger partial charge in [-0.05, 0) is 34.9 Å². The summed E-state index contributed by atoms with van der Waals surface area (Å²) < 4.78 is 11.9. The lowest BCUT2D eigenvalue weighted by atomic mass is 9.99. The van der Waals surface area contributed by atoms with Gasteiger partial charge in [0.15, 0.2) is 5.76 Å². The lowest BCUT2D eigenvalue weighted by molar-refractivity contribution is -0.142. The average Bonchev–Trinajstić information content (AvgIpc) is 3.50. The fraction of sp³-hybridized carbons (Fsp3) is 0.0811. The SMILES string of the molecule is C.O=C(CNc1cccc(-c2ccccc2-c2nc(-c3ccccc3)c(-c3ccccc3)o2)c1)OCc1ccccc1. The Kier molecular flexibility index (Phi) is 8.90. The molecule has 0 saturated carbocycles. The standard InChI is InChI=1S/C36H28N2O3.CH4/c39-33(40-25-26-13-4-1-5-14-26)24-37-30-20-12-19-29(23-30)31-21-10-11-22-32(31)36-38-34(27-15-6-2-7-16-27)35(41-36)28-17-8-3-9-18-28;/h1-23,37H,24-25H2;1H4. The van der Waals surface area contributed by atoms with Gasteiger partial charge in [0, 0.05) is 22.4 Å². The quantitative estimate of drug-likeness (QED) is 0.181. The third kappa shape index (κ3) is 6.48. The van der Waals surface area contributed by atoms with Crippen molar-refractivity contribution in [1.82, 2.24) is 4.98 Å². The number of esters is 1. The van der Waals surface area contributed by atoms with E-state index >= 15 is 0 Å². The summed E-state index contributed by atoms with van der Waals surface area (Å²) >= 11 is 0. The summed E-state index contributed by atoms with van der Waals surface area (Å²) in [7, 11) is 0. The average molecular weight is 553 g/mol. The van der Waals surface area contributed by atoms with Gasteiger partial charge in [-0.3, -0.25) is 4.79 Å². The zero-order valence-electron chi connectivity index (χ0n) is 22.4. The Balaban J connectivity index is 0.00000353. The molecule has 6 rings (SSSR count). The molecule has 42 heavy (non-hydrogen) atoms. The number of anilines is 1. The minimum Gasteiger partial charge on any atom is -0.460 e. The van der Waals surface area contributed by atoms with Crippen molar-refractivity contribution < 1.29 is 13.9 Å². The van der Waals surface area contributed by atoms with Crippen LogP contribution >= 0.6 is 0 Å². The summed E-state index contributed by atoms with van der Waals surface area (Å²) in [4.78, 5) is 17.3. The normalized spacial score (nSPS) is 10.5. The van der Waals surface area contributed by atoms with Gasteiger partial charge in [-0.1, -0.05) is 129 Å². The highest BCUT2D eigenvalue weighted by atomic mass is 16.5. The molecule has 208 valence electrons. The maximum Gasteiger partial charge on any atom is 0.325 e. The Hall–Kier alpha value is -5.42. The van der Waals surface area contributed by atoms with Crippen molar-refractivity contribution in [2.24, 2.45) is 0 Å². The first-order valence-corrected chi connectivity index (χ1v) is 13.5. The maximum absolute atomic E-state index is 12.3. The fourth-order valence-electron chi connectivity index (χ4n) is 4.69. The molecular formula is C37H32N2O3. The topological polar surface area (TPSA) is 64.4 Å². The lowest BCUT2D eigenvalue weighted by Crippen LogP contribution is -2.16. The van der Waals surface area contributed by atoms with E-state index in [1.807, 2.05) is 133 Å².